The second-order valence-electron chi connectivity index (χ2n) is 5.92. The van der Waals surface area contributed by atoms with Crippen molar-refractivity contribution in [2.75, 3.05) is 24.6 Å². The number of aliphatic carboxylic acids is 1. The molecular formula is C13H24N2O5S. The minimum Gasteiger partial charge on any atom is -0.481 e. The molecule has 8 heteroatoms. The van der Waals surface area contributed by atoms with Crippen LogP contribution in [-0.2, 0) is 19.4 Å². The highest BCUT2D eigenvalue weighted by Crippen LogP contribution is 2.18. The monoisotopic (exact) mass is 320 g/mol. The van der Waals surface area contributed by atoms with Crippen LogP contribution in [0.2, 0.25) is 0 Å². The minimum absolute atomic E-state index is 0.0368. The van der Waals surface area contributed by atoms with Crippen molar-refractivity contribution < 1.29 is 23.1 Å². The highest BCUT2D eigenvalue weighted by Gasteiger charge is 2.37. The van der Waals surface area contributed by atoms with E-state index in [9.17, 15) is 18.0 Å². The third-order valence-electron chi connectivity index (χ3n) is 3.55. The van der Waals surface area contributed by atoms with Crippen LogP contribution < -0.4 is 5.32 Å². The molecule has 2 unspecified atom stereocenters. The van der Waals surface area contributed by atoms with Crippen LogP contribution in [0.15, 0.2) is 0 Å². The van der Waals surface area contributed by atoms with E-state index in [2.05, 4.69) is 5.32 Å². The van der Waals surface area contributed by atoms with E-state index in [4.69, 9.17) is 5.11 Å². The molecule has 1 amide bonds. The van der Waals surface area contributed by atoms with E-state index in [1.54, 1.807) is 11.8 Å². The maximum Gasteiger partial charge on any atom is 0.304 e. The zero-order valence-corrected chi connectivity index (χ0v) is 13.5. The molecule has 0 aliphatic carbocycles. The van der Waals surface area contributed by atoms with Gasteiger partial charge in [0.15, 0.2) is 9.84 Å². The number of hydrogen-bond donors (Lipinski definition) is 2. The number of nitrogens with one attached hydrogen (secondary N) is 1. The van der Waals surface area contributed by atoms with Crippen LogP contribution in [-0.4, -0.2) is 67.0 Å². The molecule has 122 valence electrons. The van der Waals surface area contributed by atoms with Crippen LogP contribution in [0.25, 0.3) is 0 Å². The Morgan fingerprint density at radius 1 is 1.33 bits per heavy atom. The third kappa shape index (κ3) is 5.62. The predicted molar refractivity (Wildman–Crippen MR) is 78.7 cm³/mol. The first kappa shape index (κ1) is 17.9. The van der Waals surface area contributed by atoms with Crippen molar-refractivity contribution in [1.29, 1.82) is 0 Å². The molecule has 2 N–H and O–H groups in total. The summed E-state index contributed by atoms with van der Waals surface area (Å²) in [6, 6.07) is -1.19. The molecule has 1 saturated heterocycles. The Morgan fingerprint density at radius 3 is 2.48 bits per heavy atom. The predicted octanol–water partition coefficient (Wildman–Crippen LogP) is -0.279. The van der Waals surface area contributed by atoms with Crippen molar-refractivity contribution in [3.63, 3.8) is 0 Å². The van der Waals surface area contributed by atoms with E-state index in [1.807, 2.05) is 13.8 Å². The number of sulfone groups is 1. The molecule has 1 aliphatic heterocycles. The van der Waals surface area contributed by atoms with Crippen molar-refractivity contribution in [3.05, 3.63) is 0 Å². The average Bonchev–Trinajstić information content (AvgIpc) is 2.33. The summed E-state index contributed by atoms with van der Waals surface area (Å²) in [7, 11) is -3.23. The second-order valence-corrected chi connectivity index (χ2v) is 8.15. The van der Waals surface area contributed by atoms with Gasteiger partial charge in [-0.05, 0) is 12.8 Å². The number of carboxylic acids is 1. The molecule has 0 aromatic rings. The van der Waals surface area contributed by atoms with Gasteiger partial charge in [0.1, 0.15) is 0 Å². The fourth-order valence-corrected chi connectivity index (χ4v) is 3.94. The average molecular weight is 320 g/mol. The zero-order chi connectivity index (χ0) is 16.2. The van der Waals surface area contributed by atoms with Crippen molar-refractivity contribution in [3.8, 4) is 0 Å². The van der Waals surface area contributed by atoms with E-state index < -0.39 is 27.9 Å². The van der Waals surface area contributed by atoms with Gasteiger partial charge in [-0.3, -0.25) is 14.5 Å². The highest BCUT2D eigenvalue weighted by atomic mass is 32.2. The quantitative estimate of drug-likeness (QED) is 0.698. The number of carboxylic acid groups (broad SMARTS) is 1. The molecule has 0 radical (unpaired) electrons. The van der Waals surface area contributed by atoms with Crippen LogP contribution >= 0.6 is 0 Å². The summed E-state index contributed by atoms with van der Waals surface area (Å²) in [5, 5.41) is 11.7. The molecule has 0 aromatic heterocycles. The molecule has 1 rings (SSSR count). The lowest BCUT2D eigenvalue weighted by atomic mass is 10.1. The van der Waals surface area contributed by atoms with Gasteiger partial charge >= 0.3 is 5.97 Å². The van der Waals surface area contributed by atoms with Crippen LogP contribution in [0.4, 0.5) is 0 Å². The van der Waals surface area contributed by atoms with Gasteiger partial charge in [-0.15, -0.1) is 0 Å². The summed E-state index contributed by atoms with van der Waals surface area (Å²) >= 11 is 0. The van der Waals surface area contributed by atoms with Gasteiger partial charge in [-0.25, -0.2) is 8.42 Å². The molecule has 0 saturated carbocycles. The van der Waals surface area contributed by atoms with Crippen LogP contribution in [0.5, 0.6) is 0 Å². The Morgan fingerprint density at radius 2 is 1.95 bits per heavy atom. The van der Waals surface area contributed by atoms with Crippen LogP contribution in [0.3, 0.4) is 0 Å². The van der Waals surface area contributed by atoms with Crippen molar-refractivity contribution in [2.45, 2.75) is 39.3 Å². The molecule has 1 heterocycles. The van der Waals surface area contributed by atoms with Crippen LogP contribution in [0, 0.1) is 5.92 Å². The largest absolute Gasteiger partial charge is 0.481 e. The second kappa shape index (κ2) is 7.22. The third-order valence-corrected chi connectivity index (χ3v) is 5.24. The number of nitrogens with zero attached hydrogens (tertiary/aromatic N) is 1. The first-order valence-electron chi connectivity index (χ1n) is 7.08. The van der Waals surface area contributed by atoms with Gasteiger partial charge in [0, 0.05) is 19.1 Å². The van der Waals surface area contributed by atoms with Crippen LogP contribution in [0.1, 0.15) is 27.2 Å². The first-order valence-corrected chi connectivity index (χ1v) is 8.90. The van der Waals surface area contributed by atoms with E-state index in [0.717, 1.165) is 0 Å². The fraction of sp³-hybridized carbons (Fsp3) is 0.846. The summed E-state index contributed by atoms with van der Waals surface area (Å²) in [6.45, 7) is 6.37. The Kier molecular flexibility index (Phi) is 6.15. The topological polar surface area (TPSA) is 104 Å². The normalized spacial score (nSPS) is 23.7. The lowest BCUT2D eigenvalue weighted by Crippen LogP contribution is -2.57. The molecule has 0 spiro atoms. The van der Waals surface area contributed by atoms with E-state index in [0.29, 0.717) is 12.5 Å². The Bertz CT molecular complexity index is 489. The lowest BCUT2D eigenvalue weighted by Gasteiger charge is -2.38. The van der Waals surface area contributed by atoms with Gasteiger partial charge in [-0.1, -0.05) is 13.8 Å². The Balaban J connectivity index is 2.77. The maximum absolute atomic E-state index is 12.1. The number of carbonyl (C=O) groups excluding carboxylic acids is 1. The number of carbonyl (C=O) groups is 2. The van der Waals surface area contributed by atoms with Crippen molar-refractivity contribution in [2.24, 2.45) is 5.92 Å². The van der Waals surface area contributed by atoms with Gasteiger partial charge in [-0.2, -0.15) is 0 Å². The summed E-state index contributed by atoms with van der Waals surface area (Å²) in [4.78, 5) is 24.7. The zero-order valence-electron chi connectivity index (χ0n) is 12.7. The maximum atomic E-state index is 12.1. The van der Waals surface area contributed by atoms with Crippen molar-refractivity contribution >= 4 is 21.7 Å². The molecule has 0 aromatic carbocycles. The molecule has 21 heavy (non-hydrogen) atoms. The lowest BCUT2D eigenvalue weighted by molar-refractivity contribution is -0.139. The highest BCUT2D eigenvalue weighted by molar-refractivity contribution is 7.91. The molecular weight excluding hydrogens is 296 g/mol. The van der Waals surface area contributed by atoms with E-state index >= 15 is 0 Å². The Labute approximate surface area is 125 Å². The summed E-state index contributed by atoms with van der Waals surface area (Å²) in [5.41, 5.74) is 0. The summed E-state index contributed by atoms with van der Waals surface area (Å²) in [5.74, 6) is -1.18. The number of amides is 1. The Hall–Kier alpha value is -1.15. The number of hydrogen-bond acceptors (Lipinski definition) is 5. The van der Waals surface area contributed by atoms with Crippen molar-refractivity contribution in [1.82, 2.24) is 10.2 Å². The molecule has 1 fully saturated rings. The van der Waals surface area contributed by atoms with Gasteiger partial charge in [0.05, 0.1) is 24.0 Å². The van der Waals surface area contributed by atoms with Gasteiger partial charge in [0.25, 0.3) is 0 Å². The molecule has 0 bridgehead atoms. The SMILES string of the molecule is CC(C)CNC(=O)C(C)N1CCS(=O)(=O)CC1CC(=O)O. The summed E-state index contributed by atoms with van der Waals surface area (Å²) in [6.07, 6.45) is -0.277. The molecule has 7 nitrogen and oxygen atoms in total. The fourth-order valence-electron chi connectivity index (χ4n) is 2.39. The van der Waals surface area contributed by atoms with E-state index in [-0.39, 0.29) is 30.4 Å². The van der Waals surface area contributed by atoms with Gasteiger partial charge < -0.3 is 10.4 Å². The molecule has 1 aliphatic rings. The minimum atomic E-state index is -3.23. The van der Waals surface area contributed by atoms with E-state index in [1.165, 1.54) is 0 Å². The number of rotatable bonds is 6. The standard InChI is InChI=1S/C13H24N2O5S/c1-9(2)7-14-13(18)10(3)15-4-5-21(19,20)8-11(15)6-12(16)17/h9-11H,4-8H2,1-3H3,(H,14,18)(H,16,17). The first-order chi connectivity index (χ1) is 9.62. The van der Waals surface area contributed by atoms with Gasteiger partial charge in [0.2, 0.25) is 5.91 Å². The molecule has 2 atom stereocenters. The summed E-state index contributed by atoms with van der Waals surface area (Å²) < 4.78 is 23.4. The smallest absolute Gasteiger partial charge is 0.304 e.